The molecule has 0 radical (unpaired) electrons. The maximum Gasteiger partial charge on any atom is 0.239 e. The second-order valence-electron chi connectivity index (χ2n) is 3.67. The number of imide groups is 3. The third-order valence-corrected chi connectivity index (χ3v) is 2.09. The van der Waals surface area contributed by atoms with E-state index in [1.165, 1.54) is 0 Å². The SMILES string of the molecule is CC(C)C(=O)N1C(=O)CC(C)C1=O. The second kappa shape index (κ2) is 3.28. The van der Waals surface area contributed by atoms with Crippen LogP contribution in [-0.4, -0.2) is 22.6 Å². The van der Waals surface area contributed by atoms with Gasteiger partial charge in [0.1, 0.15) is 0 Å². The van der Waals surface area contributed by atoms with Crippen LogP contribution in [0.25, 0.3) is 0 Å². The first-order chi connectivity index (χ1) is 5.95. The summed E-state index contributed by atoms with van der Waals surface area (Å²) in [7, 11) is 0. The van der Waals surface area contributed by atoms with Gasteiger partial charge in [0, 0.05) is 18.3 Å². The van der Waals surface area contributed by atoms with Gasteiger partial charge in [0.15, 0.2) is 0 Å². The Hall–Kier alpha value is -1.19. The van der Waals surface area contributed by atoms with Crippen molar-refractivity contribution in [1.82, 2.24) is 4.90 Å². The summed E-state index contributed by atoms with van der Waals surface area (Å²) in [4.78, 5) is 34.8. The van der Waals surface area contributed by atoms with Crippen LogP contribution in [-0.2, 0) is 14.4 Å². The summed E-state index contributed by atoms with van der Waals surface area (Å²) in [6, 6.07) is 0. The molecular weight excluding hydrogens is 170 g/mol. The minimum absolute atomic E-state index is 0.164. The Labute approximate surface area is 76.9 Å². The largest absolute Gasteiger partial charge is 0.274 e. The average molecular weight is 183 g/mol. The fourth-order valence-electron chi connectivity index (χ4n) is 1.27. The van der Waals surface area contributed by atoms with Crippen LogP contribution < -0.4 is 0 Å². The predicted octanol–water partition coefficient (Wildman–Crippen LogP) is 0.564. The van der Waals surface area contributed by atoms with Crippen LogP contribution in [0.15, 0.2) is 0 Å². The predicted molar refractivity (Wildman–Crippen MR) is 45.5 cm³/mol. The maximum atomic E-state index is 11.4. The Balaban J connectivity index is 2.86. The lowest BCUT2D eigenvalue weighted by molar-refractivity contribution is -0.151. The summed E-state index contributed by atoms with van der Waals surface area (Å²) in [5.74, 6) is -1.76. The number of nitrogens with zero attached hydrogens (tertiary/aromatic N) is 1. The third kappa shape index (κ3) is 1.61. The number of hydrogen-bond acceptors (Lipinski definition) is 3. The molecule has 4 heteroatoms. The summed E-state index contributed by atoms with van der Waals surface area (Å²) in [6.07, 6.45) is 0.164. The molecule has 1 fully saturated rings. The van der Waals surface area contributed by atoms with Gasteiger partial charge in [-0.2, -0.15) is 0 Å². The standard InChI is InChI=1S/C9H13NO3/c1-5(2)8(12)10-7(11)4-6(3)9(10)13/h5-6H,4H2,1-3H3. The summed E-state index contributed by atoms with van der Waals surface area (Å²) >= 11 is 0. The molecule has 0 saturated carbocycles. The number of hydrogen-bond donors (Lipinski definition) is 0. The molecule has 1 unspecified atom stereocenters. The molecule has 0 aromatic rings. The summed E-state index contributed by atoms with van der Waals surface area (Å²) in [5, 5.41) is 0. The van der Waals surface area contributed by atoms with Crippen molar-refractivity contribution in [3.8, 4) is 0 Å². The van der Waals surface area contributed by atoms with Crippen LogP contribution in [0.3, 0.4) is 0 Å². The zero-order valence-electron chi connectivity index (χ0n) is 8.03. The zero-order chi connectivity index (χ0) is 10.2. The van der Waals surface area contributed by atoms with Crippen molar-refractivity contribution < 1.29 is 14.4 Å². The van der Waals surface area contributed by atoms with E-state index in [-0.39, 0.29) is 36.0 Å². The van der Waals surface area contributed by atoms with Crippen molar-refractivity contribution in [2.24, 2.45) is 11.8 Å². The molecule has 0 bridgehead atoms. The topological polar surface area (TPSA) is 54.5 Å². The van der Waals surface area contributed by atoms with Crippen LogP contribution in [0, 0.1) is 11.8 Å². The molecule has 72 valence electrons. The Morgan fingerprint density at radius 1 is 1.46 bits per heavy atom. The van der Waals surface area contributed by atoms with Crippen molar-refractivity contribution >= 4 is 17.7 Å². The van der Waals surface area contributed by atoms with Crippen molar-refractivity contribution in [3.63, 3.8) is 0 Å². The van der Waals surface area contributed by atoms with Gasteiger partial charge in [-0.3, -0.25) is 14.4 Å². The van der Waals surface area contributed by atoms with E-state index in [4.69, 9.17) is 0 Å². The van der Waals surface area contributed by atoms with Crippen LogP contribution in [0.4, 0.5) is 0 Å². The van der Waals surface area contributed by atoms with Crippen molar-refractivity contribution in [1.29, 1.82) is 0 Å². The Morgan fingerprint density at radius 2 is 2.00 bits per heavy atom. The van der Waals surface area contributed by atoms with Gasteiger partial charge in [0.05, 0.1) is 0 Å². The molecule has 1 aliphatic heterocycles. The molecule has 4 nitrogen and oxygen atoms in total. The Bertz CT molecular complexity index is 270. The molecule has 1 heterocycles. The molecule has 1 atom stereocenters. The Morgan fingerprint density at radius 3 is 2.31 bits per heavy atom. The number of carbonyl (C=O) groups is 3. The number of rotatable bonds is 1. The monoisotopic (exact) mass is 183 g/mol. The molecule has 13 heavy (non-hydrogen) atoms. The molecule has 3 amide bonds. The smallest absolute Gasteiger partial charge is 0.239 e. The van der Waals surface area contributed by atoms with Gasteiger partial charge in [0.25, 0.3) is 0 Å². The second-order valence-corrected chi connectivity index (χ2v) is 3.67. The molecular formula is C9H13NO3. The van der Waals surface area contributed by atoms with E-state index in [0.29, 0.717) is 0 Å². The van der Waals surface area contributed by atoms with Gasteiger partial charge in [-0.1, -0.05) is 20.8 Å². The normalized spacial score (nSPS) is 23.1. The van der Waals surface area contributed by atoms with Gasteiger partial charge < -0.3 is 0 Å². The van der Waals surface area contributed by atoms with E-state index < -0.39 is 0 Å². The first-order valence-corrected chi connectivity index (χ1v) is 4.35. The van der Waals surface area contributed by atoms with E-state index in [1.807, 2.05) is 0 Å². The molecule has 0 N–H and O–H groups in total. The quantitative estimate of drug-likeness (QED) is 0.558. The van der Waals surface area contributed by atoms with Crippen molar-refractivity contribution in [2.45, 2.75) is 27.2 Å². The lowest BCUT2D eigenvalue weighted by Gasteiger charge is -2.14. The highest BCUT2D eigenvalue weighted by Crippen LogP contribution is 2.20. The molecule has 0 aromatic heterocycles. The number of amides is 3. The van der Waals surface area contributed by atoms with Gasteiger partial charge in [-0.05, 0) is 0 Å². The number of likely N-dealkylation sites (tertiary alicyclic amines) is 1. The van der Waals surface area contributed by atoms with E-state index in [2.05, 4.69) is 0 Å². The molecule has 1 saturated heterocycles. The Kier molecular flexibility index (Phi) is 2.50. The van der Waals surface area contributed by atoms with Crippen LogP contribution >= 0.6 is 0 Å². The molecule has 0 spiro atoms. The van der Waals surface area contributed by atoms with Crippen LogP contribution in [0.1, 0.15) is 27.2 Å². The highest BCUT2D eigenvalue weighted by molar-refractivity contribution is 6.16. The number of carbonyl (C=O) groups excluding carboxylic acids is 3. The van der Waals surface area contributed by atoms with E-state index in [9.17, 15) is 14.4 Å². The van der Waals surface area contributed by atoms with E-state index in [0.717, 1.165) is 4.90 Å². The summed E-state index contributed by atoms with van der Waals surface area (Å²) in [6.45, 7) is 5.01. The van der Waals surface area contributed by atoms with E-state index >= 15 is 0 Å². The van der Waals surface area contributed by atoms with E-state index in [1.54, 1.807) is 20.8 Å². The van der Waals surface area contributed by atoms with Crippen LogP contribution in [0.2, 0.25) is 0 Å². The van der Waals surface area contributed by atoms with Crippen molar-refractivity contribution in [3.05, 3.63) is 0 Å². The third-order valence-electron chi connectivity index (χ3n) is 2.09. The molecule has 0 aromatic carbocycles. The molecule has 1 aliphatic rings. The van der Waals surface area contributed by atoms with Gasteiger partial charge in [0.2, 0.25) is 17.7 Å². The lowest BCUT2D eigenvalue weighted by Crippen LogP contribution is -2.39. The summed E-state index contributed by atoms with van der Waals surface area (Å²) in [5.41, 5.74) is 0. The zero-order valence-corrected chi connectivity index (χ0v) is 8.03. The minimum Gasteiger partial charge on any atom is -0.274 e. The highest BCUT2D eigenvalue weighted by Gasteiger charge is 2.40. The molecule has 0 aliphatic carbocycles. The van der Waals surface area contributed by atoms with Gasteiger partial charge in [-0.25, -0.2) is 4.90 Å². The maximum absolute atomic E-state index is 11.4. The van der Waals surface area contributed by atoms with Crippen LogP contribution in [0.5, 0.6) is 0 Å². The van der Waals surface area contributed by atoms with Gasteiger partial charge >= 0.3 is 0 Å². The first-order valence-electron chi connectivity index (χ1n) is 4.35. The molecule has 1 rings (SSSR count). The van der Waals surface area contributed by atoms with Crippen molar-refractivity contribution in [2.75, 3.05) is 0 Å². The van der Waals surface area contributed by atoms with Gasteiger partial charge in [-0.15, -0.1) is 0 Å². The fraction of sp³-hybridized carbons (Fsp3) is 0.667. The summed E-state index contributed by atoms with van der Waals surface area (Å²) < 4.78 is 0. The lowest BCUT2D eigenvalue weighted by atomic mass is 10.1. The fourth-order valence-corrected chi connectivity index (χ4v) is 1.27. The minimum atomic E-state index is -0.389. The highest BCUT2D eigenvalue weighted by atomic mass is 16.2. The first kappa shape index (κ1) is 9.89. The average Bonchev–Trinajstić information content (AvgIpc) is 2.26.